The molecule has 0 fully saturated rings. The molecular formula is C57H103NO7. The first-order valence-electron chi connectivity index (χ1n) is 27.2. The van der Waals surface area contributed by atoms with Crippen molar-refractivity contribution in [1.29, 1.82) is 0 Å². The van der Waals surface area contributed by atoms with Crippen molar-refractivity contribution in [2.75, 3.05) is 41.0 Å². The number of aliphatic carboxylic acids is 1. The first-order valence-corrected chi connectivity index (χ1v) is 27.2. The molecule has 2 atom stereocenters. The summed E-state index contributed by atoms with van der Waals surface area (Å²) in [7, 11) is 5.41. The summed E-state index contributed by atoms with van der Waals surface area (Å²) >= 11 is 0. The normalized spacial score (nSPS) is 13.2. The predicted molar refractivity (Wildman–Crippen MR) is 273 cm³/mol. The second-order valence-electron chi connectivity index (χ2n) is 19.5. The molecule has 0 bridgehead atoms. The fourth-order valence-corrected chi connectivity index (χ4v) is 8.01. The van der Waals surface area contributed by atoms with Gasteiger partial charge in [0.1, 0.15) is 12.6 Å². The predicted octanol–water partition coefficient (Wildman–Crippen LogP) is 14.6. The highest BCUT2D eigenvalue weighted by Crippen LogP contribution is 2.15. The largest absolute Gasteiger partial charge is 0.544 e. The maximum Gasteiger partial charge on any atom is 0.306 e. The number of quaternary nitrogens is 1. The van der Waals surface area contributed by atoms with E-state index in [2.05, 4.69) is 62.5 Å². The average Bonchev–Trinajstić information content (AvgIpc) is 3.27. The molecule has 8 nitrogen and oxygen atoms in total. The van der Waals surface area contributed by atoms with Crippen molar-refractivity contribution in [2.45, 2.75) is 257 Å². The van der Waals surface area contributed by atoms with E-state index in [-0.39, 0.29) is 42.7 Å². The molecule has 0 aliphatic carbocycles. The van der Waals surface area contributed by atoms with E-state index in [1.54, 1.807) is 21.1 Å². The van der Waals surface area contributed by atoms with Crippen LogP contribution < -0.4 is 5.11 Å². The highest BCUT2D eigenvalue weighted by Gasteiger charge is 2.25. The monoisotopic (exact) mass is 914 g/mol. The fourth-order valence-electron chi connectivity index (χ4n) is 8.01. The van der Waals surface area contributed by atoms with Crippen LogP contribution in [-0.4, -0.2) is 75.5 Å². The molecule has 0 aromatic rings. The zero-order chi connectivity index (χ0) is 47.7. The molecule has 8 heteroatoms. The van der Waals surface area contributed by atoms with Gasteiger partial charge in [0.25, 0.3) is 0 Å². The summed E-state index contributed by atoms with van der Waals surface area (Å²) in [6.07, 6.45) is 58.6. The lowest BCUT2D eigenvalue weighted by atomic mass is 10.0. The van der Waals surface area contributed by atoms with Gasteiger partial charge < -0.3 is 28.6 Å². The van der Waals surface area contributed by atoms with Crippen LogP contribution in [0.15, 0.2) is 48.6 Å². The van der Waals surface area contributed by atoms with Gasteiger partial charge in [0, 0.05) is 19.3 Å². The van der Waals surface area contributed by atoms with Gasteiger partial charge in [-0.3, -0.25) is 9.59 Å². The van der Waals surface area contributed by atoms with Gasteiger partial charge in [-0.25, -0.2) is 0 Å². The van der Waals surface area contributed by atoms with Gasteiger partial charge in [0.05, 0.1) is 40.3 Å². The van der Waals surface area contributed by atoms with Gasteiger partial charge in [-0.15, -0.1) is 0 Å². The molecule has 0 N–H and O–H groups in total. The lowest BCUT2D eigenvalue weighted by molar-refractivity contribution is -0.889. The zero-order valence-corrected chi connectivity index (χ0v) is 43.2. The Labute approximate surface area is 401 Å². The van der Waals surface area contributed by atoms with Crippen LogP contribution in [0.5, 0.6) is 0 Å². The summed E-state index contributed by atoms with van der Waals surface area (Å²) in [5.41, 5.74) is 0. The number of hydrogen-bond donors (Lipinski definition) is 0. The van der Waals surface area contributed by atoms with Crippen LogP contribution >= 0.6 is 0 Å². The zero-order valence-electron chi connectivity index (χ0n) is 43.2. The maximum atomic E-state index is 12.8. The van der Waals surface area contributed by atoms with Gasteiger partial charge in [0.15, 0.2) is 6.10 Å². The smallest absolute Gasteiger partial charge is 0.306 e. The van der Waals surface area contributed by atoms with E-state index in [0.29, 0.717) is 12.8 Å². The lowest BCUT2D eigenvalue weighted by Gasteiger charge is -2.34. The highest BCUT2D eigenvalue weighted by molar-refractivity contribution is 5.70. The van der Waals surface area contributed by atoms with Crippen LogP contribution in [0, 0.1) is 0 Å². The molecule has 0 aliphatic rings. The Morgan fingerprint density at radius 3 is 1.23 bits per heavy atom. The lowest BCUT2D eigenvalue weighted by Crippen LogP contribution is -2.55. The van der Waals surface area contributed by atoms with Crippen LogP contribution in [0.3, 0.4) is 0 Å². The Morgan fingerprint density at radius 1 is 0.462 bits per heavy atom. The quantitative estimate of drug-likeness (QED) is 0.0197. The second kappa shape index (κ2) is 47.8. The molecular weight excluding hydrogens is 811 g/mol. The van der Waals surface area contributed by atoms with Crippen molar-refractivity contribution in [1.82, 2.24) is 0 Å². The number of unbranched alkanes of at least 4 members (excludes halogenated alkanes) is 29. The number of carboxylic acids is 1. The molecule has 0 amide bonds. The minimum absolute atomic E-state index is 0.0324. The summed E-state index contributed by atoms with van der Waals surface area (Å²) < 4.78 is 17.2. The first-order chi connectivity index (χ1) is 31.6. The topological polar surface area (TPSA) is 102 Å². The minimum atomic E-state index is -1.13. The standard InChI is InChI=1S/C57H103NO7/c1-6-8-10-12-14-16-18-20-22-24-26-27-28-29-30-32-34-36-38-40-42-44-46-48-56(60)65-53(51-63-50-49-54(57(61)62)58(3,4)5)52-64-55(59)47-45-43-41-39-37-35-33-31-25-23-21-19-17-15-13-11-9-7-2/h19,21,23,25,29-31,33,53-54H,6-18,20,22,24,26-28,32,34-52H2,1-5H3/b21-19+,25-23+,30-29+,33-31+. The summed E-state index contributed by atoms with van der Waals surface area (Å²) in [5.74, 6) is -1.76. The van der Waals surface area contributed by atoms with Crippen molar-refractivity contribution in [3.8, 4) is 0 Å². The van der Waals surface area contributed by atoms with Gasteiger partial charge in [0.2, 0.25) is 0 Å². The number of allylic oxidation sites excluding steroid dienone is 8. The Balaban J connectivity index is 4.24. The molecule has 2 unspecified atom stereocenters. The van der Waals surface area contributed by atoms with E-state index in [1.165, 1.54) is 148 Å². The van der Waals surface area contributed by atoms with Crippen molar-refractivity contribution in [3.05, 3.63) is 48.6 Å². The van der Waals surface area contributed by atoms with E-state index in [9.17, 15) is 19.5 Å². The molecule has 65 heavy (non-hydrogen) atoms. The second-order valence-corrected chi connectivity index (χ2v) is 19.5. The molecule has 0 aromatic heterocycles. The van der Waals surface area contributed by atoms with Crippen molar-refractivity contribution < 1.29 is 38.2 Å². The molecule has 0 aromatic carbocycles. The van der Waals surface area contributed by atoms with E-state index in [0.717, 1.165) is 64.2 Å². The van der Waals surface area contributed by atoms with Crippen molar-refractivity contribution in [3.63, 3.8) is 0 Å². The number of carboxylic acid groups (broad SMARTS) is 1. The molecule has 0 spiro atoms. The Kier molecular flexibility index (Phi) is 45.8. The molecule has 378 valence electrons. The van der Waals surface area contributed by atoms with Gasteiger partial charge >= 0.3 is 11.9 Å². The number of hydrogen-bond acceptors (Lipinski definition) is 7. The Bertz CT molecular complexity index is 1200. The van der Waals surface area contributed by atoms with Crippen LogP contribution in [-0.2, 0) is 28.6 Å². The summed E-state index contributed by atoms with van der Waals surface area (Å²) in [5, 5.41) is 11.7. The summed E-state index contributed by atoms with van der Waals surface area (Å²) in [6, 6.07) is -0.731. The van der Waals surface area contributed by atoms with Gasteiger partial charge in [-0.05, 0) is 64.2 Å². The van der Waals surface area contributed by atoms with E-state index in [4.69, 9.17) is 14.2 Å². The van der Waals surface area contributed by atoms with Crippen LogP contribution in [0.25, 0.3) is 0 Å². The number of rotatable bonds is 49. The van der Waals surface area contributed by atoms with Crippen molar-refractivity contribution >= 4 is 17.9 Å². The molecule has 0 heterocycles. The van der Waals surface area contributed by atoms with E-state index in [1.807, 2.05) is 0 Å². The van der Waals surface area contributed by atoms with E-state index < -0.39 is 18.1 Å². The van der Waals surface area contributed by atoms with Crippen LogP contribution in [0.2, 0.25) is 0 Å². The molecule has 0 rings (SSSR count). The number of ether oxygens (including phenoxy) is 3. The van der Waals surface area contributed by atoms with E-state index >= 15 is 0 Å². The van der Waals surface area contributed by atoms with Crippen molar-refractivity contribution in [2.24, 2.45) is 0 Å². The molecule has 0 saturated carbocycles. The summed E-state index contributed by atoms with van der Waals surface area (Å²) in [4.78, 5) is 37.1. The maximum absolute atomic E-state index is 12.8. The number of esters is 2. The Morgan fingerprint density at radius 2 is 0.831 bits per heavy atom. The minimum Gasteiger partial charge on any atom is -0.544 e. The average molecular weight is 914 g/mol. The molecule has 0 radical (unpaired) electrons. The van der Waals surface area contributed by atoms with Crippen LogP contribution in [0.4, 0.5) is 0 Å². The number of nitrogens with zero attached hydrogens (tertiary/aromatic N) is 1. The third kappa shape index (κ3) is 46.2. The third-order valence-corrected chi connectivity index (χ3v) is 12.2. The van der Waals surface area contributed by atoms with Crippen LogP contribution in [0.1, 0.15) is 245 Å². The van der Waals surface area contributed by atoms with Gasteiger partial charge in [-0.2, -0.15) is 0 Å². The third-order valence-electron chi connectivity index (χ3n) is 12.2. The first kappa shape index (κ1) is 62.3. The van der Waals surface area contributed by atoms with Gasteiger partial charge in [-0.1, -0.05) is 210 Å². The molecule has 0 aliphatic heterocycles. The fraction of sp³-hybridized carbons (Fsp3) is 0.807. The highest BCUT2D eigenvalue weighted by atomic mass is 16.6. The number of carbonyl (C=O) groups excluding carboxylic acids is 3. The SMILES string of the molecule is CCCCCCC/C=C/C=C/C=C/CCCCCCCC(=O)OCC(COCCC(C(=O)[O-])[N+](C)(C)C)OC(=O)CCCCCCCCC/C=C/CCCCCCCCCCCCCC. The summed E-state index contributed by atoms with van der Waals surface area (Å²) in [6.45, 7) is 4.65. The molecule has 0 saturated heterocycles. The number of likely N-dealkylation sites (N-methyl/N-ethyl adjacent to an activating group) is 1. The number of carbonyl (C=O) groups is 3. The Hall–Kier alpha value is -2.71.